The molecule has 1 saturated heterocycles. The second-order valence-corrected chi connectivity index (χ2v) is 9.06. The smallest absolute Gasteiger partial charge is 0.335 e. The molecule has 1 atom stereocenters. The van der Waals surface area contributed by atoms with Crippen LogP contribution >= 0.6 is 0 Å². The fraction of sp³-hybridized carbons (Fsp3) is 0.417. The van der Waals surface area contributed by atoms with E-state index in [1.165, 1.54) is 23.8 Å². The van der Waals surface area contributed by atoms with E-state index in [1.54, 1.807) is 0 Å². The molecule has 3 fully saturated rings. The van der Waals surface area contributed by atoms with Crippen LogP contribution in [0.3, 0.4) is 0 Å². The summed E-state index contributed by atoms with van der Waals surface area (Å²) in [5, 5.41) is 19.2. The monoisotopic (exact) mass is 409 g/mol. The highest BCUT2D eigenvalue weighted by atomic mass is 19.1. The zero-order valence-corrected chi connectivity index (χ0v) is 16.6. The van der Waals surface area contributed by atoms with Crippen molar-refractivity contribution in [2.75, 3.05) is 13.1 Å². The van der Waals surface area contributed by atoms with Gasteiger partial charge in [0.2, 0.25) is 0 Å². The Morgan fingerprint density at radius 2 is 1.67 bits per heavy atom. The summed E-state index contributed by atoms with van der Waals surface area (Å²) in [6.07, 6.45) is 4.13. The van der Waals surface area contributed by atoms with Crippen molar-refractivity contribution < 1.29 is 24.2 Å². The molecular weight excluding hydrogens is 385 g/mol. The zero-order chi connectivity index (χ0) is 21.1. The van der Waals surface area contributed by atoms with Crippen molar-refractivity contribution in [2.45, 2.75) is 43.6 Å². The lowest BCUT2D eigenvalue weighted by Gasteiger charge is -2.34. The Balaban J connectivity index is 1.27. The van der Waals surface area contributed by atoms with Crippen LogP contribution in [-0.2, 0) is 4.79 Å². The van der Waals surface area contributed by atoms with Crippen molar-refractivity contribution in [1.29, 1.82) is 0 Å². The molecule has 5 nitrogen and oxygen atoms in total. The molecule has 6 heteroatoms. The molecule has 1 spiro atoms. The minimum absolute atomic E-state index is 0.0637. The highest BCUT2D eigenvalue weighted by Gasteiger charge is 2.57. The maximum atomic E-state index is 14.2. The number of hydrogen-bond acceptors (Lipinski definition) is 3. The van der Waals surface area contributed by atoms with Gasteiger partial charge in [0.05, 0.1) is 5.56 Å². The topological polar surface area (TPSA) is 77.8 Å². The first kappa shape index (κ1) is 19.2. The number of benzene rings is 2. The maximum Gasteiger partial charge on any atom is 0.335 e. The highest BCUT2D eigenvalue weighted by Crippen LogP contribution is 2.65. The van der Waals surface area contributed by atoms with Gasteiger partial charge in [-0.15, -0.1) is 0 Å². The summed E-state index contributed by atoms with van der Waals surface area (Å²) < 4.78 is 14.2. The molecule has 5 rings (SSSR count). The van der Waals surface area contributed by atoms with Crippen LogP contribution < -0.4 is 0 Å². The molecule has 0 bridgehead atoms. The highest BCUT2D eigenvalue weighted by molar-refractivity contribution is 5.89. The van der Waals surface area contributed by atoms with Gasteiger partial charge in [0.15, 0.2) is 0 Å². The van der Waals surface area contributed by atoms with E-state index in [0.717, 1.165) is 19.3 Å². The number of amides is 1. The molecule has 0 aromatic heterocycles. The molecule has 2 saturated carbocycles. The minimum atomic E-state index is -1.09. The van der Waals surface area contributed by atoms with Crippen LogP contribution in [-0.4, -0.2) is 45.7 Å². The fourth-order valence-electron chi connectivity index (χ4n) is 4.93. The van der Waals surface area contributed by atoms with Crippen LogP contribution in [0.25, 0.3) is 11.1 Å². The van der Waals surface area contributed by atoms with E-state index < -0.39 is 17.4 Å². The Labute approximate surface area is 174 Å². The third-order valence-electron chi connectivity index (χ3n) is 7.20. The van der Waals surface area contributed by atoms with Crippen molar-refractivity contribution in [3.8, 4) is 11.1 Å². The molecular formula is C24H24FNO4. The SMILES string of the molecule is O=C(O)c1ccc(F)c(-c2ccc([C@@H]3CC34CCN(C(=O)C3(O)CC3)CC4)cc2)c1. The Kier molecular flexibility index (Phi) is 4.26. The van der Waals surface area contributed by atoms with Gasteiger partial charge in [-0.05, 0) is 72.8 Å². The number of aliphatic hydroxyl groups is 1. The Morgan fingerprint density at radius 3 is 2.27 bits per heavy atom. The molecule has 0 unspecified atom stereocenters. The van der Waals surface area contributed by atoms with Crippen molar-refractivity contribution in [3.05, 3.63) is 59.4 Å². The summed E-state index contributed by atoms with van der Waals surface area (Å²) in [5.41, 5.74) is 1.35. The second kappa shape index (κ2) is 6.64. The van der Waals surface area contributed by atoms with Crippen LogP contribution in [0.15, 0.2) is 42.5 Å². The largest absolute Gasteiger partial charge is 0.478 e. The summed E-state index contributed by atoms with van der Waals surface area (Å²) in [7, 11) is 0. The molecule has 1 amide bonds. The van der Waals surface area contributed by atoms with Gasteiger partial charge < -0.3 is 15.1 Å². The first-order chi connectivity index (χ1) is 14.3. The number of aromatic carboxylic acids is 1. The third kappa shape index (κ3) is 3.19. The van der Waals surface area contributed by atoms with Crippen molar-refractivity contribution >= 4 is 11.9 Å². The molecule has 2 aromatic rings. The van der Waals surface area contributed by atoms with Gasteiger partial charge in [-0.2, -0.15) is 0 Å². The molecule has 30 heavy (non-hydrogen) atoms. The van der Waals surface area contributed by atoms with Crippen LogP contribution in [0.1, 0.15) is 53.9 Å². The average molecular weight is 409 g/mol. The standard InChI is InChI=1S/C24H24FNO4/c25-20-6-5-17(21(27)28)13-18(20)15-1-3-16(4-2-15)19-14-23(19)9-11-26(12-10-23)22(29)24(30)7-8-24/h1-6,13,19,30H,7-12,14H2,(H,27,28)/t19-/m0/s1. The van der Waals surface area contributed by atoms with Crippen molar-refractivity contribution in [3.63, 3.8) is 0 Å². The van der Waals surface area contributed by atoms with Crippen molar-refractivity contribution in [2.24, 2.45) is 5.41 Å². The number of halogens is 1. The summed E-state index contributed by atoms with van der Waals surface area (Å²) in [6.45, 7) is 1.39. The van der Waals surface area contributed by atoms with Crippen LogP contribution in [0.4, 0.5) is 4.39 Å². The van der Waals surface area contributed by atoms with Gasteiger partial charge >= 0.3 is 5.97 Å². The van der Waals surface area contributed by atoms with E-state index in [-0.39, 0.29) is 22.4 Å². The Morgan fingerprint density at radius 1 is 1.00 bits per heavy atom. The van der Waals surface area contributed by atoms with E-state index in [1.807, 2.05) is 29.2 Å². The average Bonchev–Trinajstić information content (AvgIpc) is 3.66. The molecule has 1 heterocycles. The predicted octanol–water partition coefficient (Wildman–Crippen LogP) is 3.81. The van der Waals surface area contributed by atoms with Crippen LogP contribution in [0.5, 0.6) is 0 Å². The molecule has 2 aromatic carbocycles. The summed E-state index contributed by atoms with van der Waals surface area (Å²) >= 11 is 0. The lowest BCUT2D eigenvalue weighted by molar-refractivity contribution is -0.144. The normalized spacial score (nSPS) is 23.3. The lowest BCUT2D eigenvalue weighted by atomic mass is 9.88. The number of likely N-dealkylation sites (tertiary alicyclic amines) is 1. The van der Waals surface area contributed by atoms with Gasteiger partial charge in [-0.1, -0.05) is 24.3 Å². The molecule has 2 N–H and O–H groups in total. The van der Waals surface area contributed by atoms with Gasteiger partial charge in [0.1, 0.15) is 11.4 Å². The van der Waals surface area contributed by atoms with E-state index >= 15 is 0 Å². The number of carbonyl (C=O) groups excluding carboxylic acids is 1. The maximum absolute atomic E-state index is 14.2. The summed E-state index contributed by atoms with van der Waals surface area (Å²) in [5.74, 6) is -1.19. The van der Waals surface area contributed by atoms with E-state index in [4.69, 9.17) is 5.11 Å². The first-order valence-electron chi connectivity index (χ1n) is 10.5. The predicted molar refractivity (Wildman–Crippen MR) is 109 cm³/mol. The second-order valence-electron chi connectivity index (χ2n) is 9.06. The number of nitrogens with zero attached hydrogens (tertiary/aromatic N) is 1. The molecule has 2 aliphatic carbocycles. The summed E-state index contributed by atoms with van der Waals surface area (Å²) in [4.78, 5) is 25.3. The van der Waals surface area contributed by atoms with E-state index in [2.05, 4.69) is 0 Å². The van der Waals surface area contributed by atoms with Gasteiger partial charge in [-0.25, -0.2) is 9.18 Å². The van der Waals surface area contributed by atoms with Gasteiger partial charge in [-0.3, -0.25) is 4.79 Å². The van der Waals surface area contributed by atoms with Gasteiger partial charge in [0, 0.05) is 18.7 Å². The number of carbonyl (C=O) groups is 2. The Hall–Kier alpha value is -2.73. The minimum Gasteiger partial charge on any atom is -0.478 e. The van der Waals surface area contributed by atoms with Crippen LogP contribution in [0, 0.1) is 11.2 Å². The molecule has 0 radical (unpaired) electrons. The van der Waals surface area contributed by atoms with Crippen molar-refractivity contribution in [1.82, 2.24) is 4.90 Å². The number of hydrogen-bond donors (Lipinski definition) is 2. The zero-order valence-electron chi connectivity index (χ0n) is 16.6. The van der Waals surface area contributed by atoms with E-state index in [9.17, 15) is 19.1 Å². The number of piperidine rings is 1. The molecule has 3 aliphatic rings. The number of carboxylic acids is 1. The quantitative estimate of drug-likeness (QED) is 0.805. The third-order valence-corrected chi connectivity index (χ3v) is 7.20. The number of rotatable bonds is 4. The first-order valence-corrected chi connectivity index (χ1v) is 10.5. The Bertz CT molecular complexity index is 1020. The molecule has 156 valence electrons. The lowest BCUT2D eigenvalue weighted by Crippen LogP contribution is -2.45. The fourth-order valence-corrected chi connectivity index (χ4v) is 4.93. The van der Waals surface area contributed by atoms with E-state index in [0.29, 0.717) is 37.4 Å². The summed E-state index contributed by atoms with van der Waals surface area (Å²) in [6, 6.07) is 11.5. The molecule has 1 aliphatic heterocycles. The van der Waals surface area contributed by atoms with Crippen LogP contribution in [0.2, 0.25) is 0 Å². The van der Waals surface area contributed by atoms with Gasteiger partial charge in [0.25, 0.3) is 5.91 Å². The number of carboxylic acid groups (broad SMARTS) is 1.